The minimum Gasteiger partial charge on any atom is -0.496 e. The Morgan fingerprint density at radius 1 is 1.39 bits per heavy atom. The van der Waals surface area contributed by atoms with Crippen LogP contribution < -0.4 is 15.4 Å². The van der Waals surface area contributed by atoms with E-state index < -0.39 is 11.4 Å². The number of H-pyrrole nitrogens is 1. The first-order valence-electron chi connectivity index (χ1n) is 11.6. The molecule has 1 aromatic heterocycles. The summed E-state index contributed by atoms with van der Waals surface area (Å²) in [5.41, 5.74) is 2.20. The number of allylic oxidation sites excluding steroid dienone is 2. The monoisotopic (exact) mass is 452 g/mol. The summed E-state index contributed by atoms with van der Waals surface area (Å²) < 4.78 is 11.1. The second-order valence-corrected chi connectivity index (χ2v) is 9.19. The molecule has 1 aliphatic carbocycles. The number of piperazine rings is 1. The topological polar surface area (TPSA) is 98.9 Å². The summed E-state index contributed by atoms with van der Waals surface area (Å²) in [6, 6.07) is 3.74. The summed E-state index contributed by atoms with van der Waals surface area (Å²) in [6.07, 6.45) is 9.61. The molecule has 0 spiro atoms. The van der Waals surface area contributed by atoms with E-state index in [9.17, 15) is 9.90 Å². The SMILES string of the molecule is COc1cc(C)c2[nH]ccc2c1CN1CCNCC1C1(C(=O)O)C=CC=CC1NC1COC1. The Bertz CT molecular complexity index is 1090. The number of aryl methyl sites for hydroxylation is 1. The molecule has 2 saturated heterocycles. The lowest BCUT2D eigenvalue weighted by molar-refractivity contribution is -0.153. The maximum Gasteiger partial charge on any atom is 0.317 e. The molecule has 4 N–H and O–H groups in total. The number of hydrogen-bond acceptors (Lipinski definition) is 6. The van der Waals surface area contributed by atoms with E-state index >= 15 is 0 Å². The Morgan fingerprint density at radius 2 is 2.24 bits per heavy atom. The number of ether oxygens (including phenoxy) is 2. The highest BCUT2D eigenvalue weighted by Crippen LogP contribution is 2.39. The predicted octanol–water partition coefficient (Wildman–Crippen LogP) is 1.81. The molecule has 3 atom stereocenters. The quantitative estimate of drug-likeness (QED) is 0.509. The number of nitrogens with one attached hydrogen (secondary N) is 3. The third-order valence-corrected chi connectivity index (χ3v) is 7.32. The van der Waals surface area contributed by atoms with Gasteiger partial charge in [0.2, 0.25) is 0 Å². The van der Waals surface area contributed by atoms with Gasteiger partial charge in [-0.25, -0.2) is 0 Å². The molecule has 3 unspecified atom stereocenters. The van der Waals surface area contributed by atoms with E-state index in [2.05, 4.69) is 39.6 Å². The van der Waals surface area contributed by atoms with E-state index in [1.165, 1.54) is 0 Å². The zero-order valence-corrected chi connectivity index (χ0v) is 19.1. The van der Waals surface area contributed by atoms with Gasteiger partial charge < -0.3 is 30.2 Å². The molecule has 2 aromatic rings. The van der Waals surface area contributed by atoms with Crippen molar-refractivity contribution < 1.29 is 19.4 Å². The van der Waals surface area contributed by atoms with Crippen molar-refractivity contribution in [3.8, 4) is 5.75 Å². The van der Waals surface area contributed by atoms with Crippen LogP contribution in [-0.2, 0) is 16.1 Å². The standard InChI is InChI=1S/C25H32N4O4/c1-16-11-20(32-2)19(18-6-8-27-23(16)18)13-29-10-9-26-12-22(29)25(24(30)31)7-4-3-5-21(25)28-17-14-33-15-17/h3-8,11,17,21-22,26-28H,9-10,12-15H2,1-2H3,(H,30,31). The average Bonchev–Trinajstić information content (AvgIpc) is 3.29. The Balaban J connectivity index is 1.53. The molecule has 8 nitrogen and oxygen atoms in total. The van der Waals surface area contributed by atoms with E-state index in [1.807, 2.05) is 30.5 Å². The number of carbonyl (C=O) groups is 1. The molecule has 3 heterocycles. The molecular formula is C25H32N4O4. The zero-order chi connectivity index (χ0) is 23.0. The maximum absolute atomic E-state index is 13.0. The summed E-state index contributed by atoms with van der Waals surface area (Å²) in [5.74, 6) is 0.0174. The fraction of sp³-hybridized carbons (Fsp3) is 0.480. The molecule has 8 heteroatoms. The number of rotatable bonds is 7. The van der Waals surface area contributed by atoms with Crippen molar-refractivity contribution in [3.63, 3.8) is 0 Å². The number of carboxylic acid groups (broad SMARTS) is 1. The van der Waals surface area contributed by atoms with Crippen LogP contribution in [0.2, 0.25) is 0 Å². The number of aromatic amines is 1. The predicted molar refractivity (Wildman–Crippen MR) is 127 cm³/mol. The van der Waals surface area contributed by atoms with E-state index in [4.69, 9.17) is 9.47 Å². The van der Waals surface area contributed by atoms with Crippen molar-refractivity contribution in [2.45, 2.75) is 31.6 Å². The molecule has 1 aromatic carbocycles. The van der Waals surface area contributed by atoms with E-state index in [1.54, 1.807) is 7.11 Å². The van der Waals surface area contributed by atoms with Crippen molar-refractivity contribution in [1.82, 2.24) is 20.5 Å². The van der Waals surface area contributed by atoms with Gasteiger partial charge in [-0.2, -0.15) is 0 Å². The third kappa shape index (κ3) is 3.77. The van der Waals surface area contributed by atoms with Crippen LogP contribution in [0.1, 0.15) is 11.1 Å². The first-order valence-corrected chi connectivity index (χ1v) is 11.6. The highest BCUT2D eigenvalue weighted by molar-refractivity contribution is 5.88. The molecule has 5 rings (SSSR count). The van der Waals surface area contributed by atoms with Gasteiger partial charge in [-0.3, -0.25) is 9.69 Å². The second kappa shape index (κ2) is 8.95. The zero-order valence-electron chi connectivity index (χ0n) is 19.1. The van der Waals surface area contributed by atoms with Crippen molar-refractivity contribution in [2.24, 2.45) is 5.41 Å². The lowest BCUT2D eigenvalue weighted by Crippen LogP contribution is -2.68. The average molecular weight is 453 g/mol. The Labute approximate surface area is 193 Å². The first-order chi connectivity index (χ1) is 16.0. The number of fused-ring (bicyclic) bond motifs is 1. The molecule has 33 heavy (non-hydrogen) atoms. The number of aliphatic carboxylic acids is 1. The van der Waals surface area contributed by atoms with Crippen LogP contribution in [-0.4, -0.2) is 79.0 Å². The number of carboxylic acids is 1. The van der Waals surface area contributed by atoms with Crippen molar-refractivity contribution in [2.75, 3.05) is 40.0 Å². The summed E-state index contributed by atoms with van der Waals surface area (Å²) >= 11 is 0. The van der Waals surface area contributed by atoms with Crippen molar-refractivity contribution >= 4 is 16.9 Å². The van der Waals surface area contributed by atoms with Crippen LogP contribution in [0.15, 0.2) is 42.6 Å². The van der Waals surface area contributed by atoms with Gasteiger partial charge in [0.25, 0.3) is 0 Å². The molecule has 0 bridgehead atoms. The van der Waals surface area contributed by atoms with E-state index in [0.717, 1.165) is 40.9 Å². The summed E-state index contributed by atoms with van der Waals surface area (Å²) in [5, 5.41) is 18.7. The third-order valence-electron chi connectivity index (χ3n) is 7.32. The second-order valence-electron chi connectivity index (χ2n) is 9.19. The Kier molecular flexibility index (Phi) is 6.01. The molecule has 2 fully saturated rings. The van der Waals surface area contributed by atoms with Gasteiger partial charge in [-0.05, 0) is 24.6 Å². The highest BCUT2D eigenvalue weighted by Gasteiger charge is 2.53. The minimum absolute atomic E-state index is 0.173. The molecule has 0 amide bonds. The minimum atomic E-state index is -1.10. The lowest BCUT2D eigenvalue weighted by atomic mass is 9.69. The first kappa shape index (κ1) is 22.2. The van der Waals surface area contributed by atoms with Crippen LogP contribution in [0.5, 0.6) is 5.75 Å². The molecular weight excluding hydrogens is 420 g/mol. The lowest BCUT2D eigenvalue weighted by Gasteiger charge is -2.49. The van der Waals surface area contributed by atoms with E-state index in [-0.39, 0.29) is 18.1 Å². The van der Waals surface area contributed by atoms with Gasteiger partial charge in [-0.15, -0.1) is 0 Å². The van der Waals surface area contributed by atoms with Crippen molar-refractivity contribution in [1.29, 1.82) is 0 Å². The fourth-order valence-corrected chi connectivity index (χ4v) is 5.49. The van der Waals surface area contributed by atoms with Crippen LogP contribution in [0.3, 0.4) is 0 Å². The van der Waals surface area contributed by atoms with Gasteiger partial charge in [0.1, 0.15) is 11.2 Å². The Morgan fingerprint density at radius 3 is 2.97 bits per heavy atom. The fourth-order valence-electron chi connectivity index (χ4n) is 5.49. The largest absolute Gasteiger partial charge is 0.496 e. The van der Waals surface area contributed by atoms with Gasteiger partial charge in [0, 0.05) is 60.9 Å². The van der Waals surface area contributed by atoms with Crippen LogP contribution in [0, 0.1) is 12.3 Å². The number of benzene rings is 1. The number of hydrogen-bond donors (Lipinski definition) is 4. The number of nitrogens with zero attached hydrogens (tertiary/aromatic N) is 1. The normalized spacial score (nSPS) is 28.2. The molecule has 176 valence electrons. The number of methoxy groups -OCH3 is 1. The van der Waals surface area contributed by atoms with Crippen LogP contribution in [0.4, 0.5) is 0 Å². The Hall–Kier alpha value is -2.65. The van der Waals surface area contributed by atoms with E-state index in [0.29, 0.717) is 26.3 Å². The molecule has 3 aliphatic rings. The molecule has 2 aliphatic heterocycles. The van der Waals surface area contributed by atoms with Gasteiger partial charge in [0.15, 0.2) is 0 Å². The van der Waals surface area contributed by atoms with Crippen LogP contribution >= 0.6 is 0 Å². The van der Waals surface area contributed by atoms with Gasteiger partial charge in [0.05, 0.1) is 26.4 Å². The molecule has 0 radical (unpaired) electrons. The summed E-state index contributed by atoms with van der Waals surface area (Å²) in [7, 11) is 1.69. The van der Waals surface area contributed by atoms with Crippen LogP contribution in [0.25, 0.3) is 10.9 Å². The van der Waals surface area contributed by atoms with Gasteiger partial charge in [-0.1, -0.05) is 24.3 Å². The smallest absolute Gasteiger partial charge is 0.317 e. The van der Waals surface area contributed by atoms with Crippen molar-refractivity contribution in [3.05, 3.63) is 53.8 Å². The highest BCUT2D eigenvalue weighted by atomic mass is 16.5. The number of aromatic nitrogens is 1. The summed E-state index contributed by atoms with van der Waals surface area (Å²) in [6.45, 7) is 6.05. The van der Waals surface area contributed by atoms with Gasteiger partial charge >= 0.3 is 5.97 Å². The summed E-state index contributed by atoms with van der Waals surface area (Å²) in [4.78, 5) is 18.6. The molecule has 0 saturated carbocycles. The maximum atomic E-state index is 13.0.